The molecular formula is C16H14S8Se2. The van der Waals surface area contributed by atoms with E-state index >= 15 is 0 Å². The molecule has 26 heavy (non-hydrogen) atoms. The zero-order valence-corrected chi connectivity index (χ0v) is 23.9. The Balaban J connectivity index is 1.27. The van der Waals surface area contributed by atoms with Crippen LogP contribution >= 0.6 is 94.1 Å². The molecular weight excluding hydrogens is 607 g/mol. The molecule has 0 aromatic rings. The fraction of sp³-hybridized carbons (Fsp3) is 0.375. The molecule has 0 saturated carbocycles. The molecule has 0 radical (unpaired) electrons. The van der Waals surface area contributed by atoms with Crippen molar-refractivity contribution in [3.63, 3.8) is 0 Å². The third-order valence-electron chi connectivity index (χ3n) is 3.95. The predicted molar refractivity (Wildman–Crippen MR) is 138 cm³/mol. The van der Waals surface area contributed by atoms with Crippen molar-refractivity contribution in [3.05, 3.63) is 42.8 Å². The second-order valence-corrected chi connectivity index (χ2v) is 20.1. The van der Waals surface area contributed by atoms with Crippen molar-refractivity contribution in [2.75, 3.05) is 0 Å². The van der Waals surface area contributed by atoms with E-state index in [0.29, 0.717) is 29.9 Å². The van der Waals surface area contributed by atoms with Crippen LogP contribution in [-0.2, 0) is 0 Å². The van der Waals surface area contributed by atoms with Crippen LogP contribution in [0.1, 0.15) is 25.7 Å². The Morgan fingerprint density at radius 2 is 0.846 bits per heavy atom. The maximum absolute atomic E-state index is 2.36. The fourth-order valence-corrected chi connectivity index (χ4v) is 21.4. The summed E-state index contributed by atoms with van der Waals surface area (Å²) in [5.74, 6) is 4.72. The Morgan fingerprint density at radius 1 is 0.500 bits per heavy atom. The molecule has 0 nitrogen and oxygen atoms in total. The molecule has 0 amide bonds. The first-order valence-electron chi connectivity index (χ1n) is 7.95. The summed E-state index contributed by atoms with van der Waals surface area (Å²) in [6.07, 6.45) is 5.40. The van der Waals surface area contributed by atoms with Crippen molar-refractivity contribution in [3.8, 4) is 0 Å². The van der Waals surface area contributed by atoms with Gasteiger partial charge in [0.2, 0.25) is 0 Å². The van der Waals surface area contributed by atoms with Crippen LogP contribution in [-0.4, -0.2) is 29.9 Å². The molecule has 0 saturated heterocycles. The summed E-state index contributed by atoms with van der Waals surface area (Å²) >= 11 is 17.7. The standard InChI is InChI=1S/C16H14S8Se2/c1-25-15-16(26-2)24-14(23-15)13-21-11-12(22-13)20-10(19-11)9-17-7-5-3-4-6-8(7)18-9/h3-6H2,1-2H3. The van der Waals surface area contributed by atoms with E-state index in [2.05, 4.69) is 58.7 Å². The Morgan fingerprint density at radius 3 is 1.23 bits per heavy atom. The number of allylic oxidation sites excluding steroid dienone is 2. The minimum atomic E-state index is 0.640. The molecule has 0 bridgehead atoms. The van der Waals surface area contributed by atoms with Gasteiger partial charge >= 0.3 is 191 Å². The Hall–Kier alpha value is 2.54. The second kappa shape index (κ2) is 8.96. The Bertz CT molecular complexity index is 727. The van der Waals surface area contributed by atoms with Gasteiger partial charge in [0, 0.05) is 0 Å². The maximum atomic E-state index is 2.36. The van der Waals surface area contributed by atoms with Crippen molar-refractivity contribution in [1.29, 1.82) is 0 Å². The summed E-state index contributed by atoms with van der Waals surface area (Å²) in [5.41, 5.74) is 0. The van der Waals surface area contributed by atoms with E-state index in [4.69, 9.17) is 0 Å². The van der Waals surface area contributed by atoms with Crippen LogP contribution in [0.2, 0.25) is 11.6 Å². The van der Waals surface area contributed by atoms with Crippen LogP contribution in [0.3, 0.4) is 0 Å². The van der Waals surface area contributed by atoms with Crippen molar-refractivity contribution >= 4 is 124 Å². The first kappa shape index (κ1) is 20.4. The molecule has 0 spiro atoms. The van der Waals surface area contributed by atoms with Crippen LogP contribution < -0.4 is 0 Å². The van der Waals surface area contributed by atoms with Crippen molar-refractivity contribution in [2.45, 2.75) is 37.3 Å². The molecule has 5 aliphatic rings. The van der Waals surface area contributed by atoms with E-state index in [9.17, 15) is 0 Å². The van der Waals surface area contributed by atoms with Crippen molar-refractivity contribution in [2.24, 2.45) is 0 Å². The van der Waals surface area contributed by atoms with Gasteiger partial charge in [0.05, 0.1) is 0 Å². The van der Waals surface area contributed by atoms with E-state index in [1.165, 1.54) is 34.2 Å². The van der Waals surface area contributed by atoms with Crippen molar-refractivity contribution < 1.29 is 0 Å². The summed E-state index contributed by atoms with van der Waals surface area (Å²) < 4.78 is 12.6. The van der Waals surface area contributed by atoms with Gasteiger partial charge in [0.1, 0.15) is 0 Å². The molecule has 1 aliphatic carbocycles. The van der Waals surface area contributed by atoms with Gasteiger partial charge in [-0.1, -0.05) is 0 Å². The van der Waals surface area contributed by atoms with Gasteiger partial charge in [-0.05, 0) is 12.8 Å². The molecule has 0 unspecified atom stereocenters. The fourth-order valence-electron chi connectivity index (χ4n) is 2.75. The molecule has 10 heteroatoms. The topological polar surface area (TPSA) is 0 Å². The van der Waals surface area contributed by atoms with Gasteiger partial charge in [-0.3, -0.25) is 0 Å². The van der Waals surface area contributed by atoms with Gasteiger partial charge < -0.3 is 0 Å². The number of hydrogen-bond acceptors (Lipinski definition) is 8. The zero-order chi connectivity index (χ0) is 17.7. The zero-order valence-electron chi connectivity index (χ0n) is 13.9. The van der Waals surface area contributed by atoms with Gasteiger partial charge in [0.15, 0.2) is 0 Å². The summed E-state index contributed by atoms with van der Waals surface area (Å²) in [6.45, 7) is 0. The second-order valence-electron chi connectivity index (χ2n) is 5.58. The van der Waals surface area contributed by atoms with Gasteiger partial charge in [-0.25, -0.2) is 0 Å². The van der Waals surface area contributed by atoms with Crippen LogP contribution in [0.4, 0.5) is 0 Å². The molecule has 0 fully saturated rings. The van der Waals surface area contributed by atoms with E-state index in [1.54, 1.807) is 34.4 Å². The summed E-state index contributed by atoms with van der Waals surface area (Å²) in [4.78, 5) is 3.35. The first-order chi connectivity index (χ1) is 12.7. The Kier molecular flexibility index (Phi) is 7.04. The minimum absolute atomic E-state index is 0.640. The quantitative estimate of drug-likeness (QED) is 0.278. The monoisotopic (exact) mass is 622 g/mol. The first-order valence-corrected chi connectivity index (χ1v) is 19.6. The van der Waals surface area contributed by atoms with E-state index in [-0.39, 0.29) is 0 Å². The predicted octanol–water partition coefficient (Wildman–Crippen LogP) is 8.70. The molecule has 0 aromatic heterocycles. The molecule has 0 N–H and O–H groups in total. The molecule has 0 atom stereocenters. The normalized spacial score (nSPS) is 26.1. The van der Waals surface area contributed by atoms with Gasteiger partial charge in [-0.15, -0.1) is 0 Å². The van der Waals surface area contributed by atoms with Gasteiger partial charge in [0.25, 0.3) is 0 Å². The van der Waals surface area contributed by atoms with Crippen LogP contribution in [0.25, 0.3) is 0 Å². The molecule has 0 aromatic carbocycles. The van der Waals surface area contributed by atoms with Crippen molar-refractivity contribution in [1.82, 2.24) is 0 Å². The molecule has 4 aliphatic heterocycles. The van der Waals surface area contributed by atoms with E-state index in [0.717, 1.165) is 0 Å². The summed E-state index contributed by atoms with van der Waals surface area (Å²) in [5, 5.41) is 0. The Labute approximate surface area is 201 Å². The van der Waals surface area contributed by atoms with Crippen LogP contribution in [0, 0.1) is 0 Å². The molecule has 138 valence electrons. The SMILES string of the molecule is C[Se]C1=C([Se]C)SC(=C2SC3=C(SC(=C4SC5=C(CCCC5)S4)S3)S2)S1. The summed E-state index contributed by atoms with van der Waals surface area (Å²) in [6, 6.07) is 0. The van der Waals surface area contributed by atoms with Crippen LogP contribution in [0.15, 0.2) is 42.8 Å². The van der Waals surface area contributed by atoms with E-state index < -0.39 is 0 Å². The molecule has 5 rings (SSSR count). The van der Waals surface area contributed by atoms with Gasteiger partial charge in [-0.2, -0.15) is 0 Å². The molecule has 4 heterocycles. The number of rotatable bonds is 2. The summed E-state index contributed by atoms with van der Waals surface area (Å²) in [7, 11) is 0. The average Bonchev–Trinajstić information content (AvgIpc) is 3.39. The van der Waals surface area contributed by atoms with E-state index in [1.807, 2.05) is 47.0 Å². The number of hydrogen-bond donors (Lipinski definition) is 0. The number of thioether (sulfide) groups is 8. The third kappa shape index (κ3) is 4.03. The third-order valence-corrected chi connectivity index (χ3v) is 22.0. The van der Waals surface area contributed by atoms with Crippen LogP contribution in [0.5, 0.6) is 0 Å². The average molecular weight is 621 g/mol.